The fourth-order valence-electron chi connectivity index (χ4n) is 3.19. The average molecular weight is 494 g/mol. The molecule has 1 atom stereocenters. The van der Waals surface area contributed by atoms with Crippen molar-refractivity contribution in [3.63, 3.8) is 0 Å². The van der Waals surface area contributed by atoms with Crippen LogP contribution in [-0.4, -0.2) is 23.2 Å². The molecule has 0 radical (unpaired) electrons. The summed E-state index contributed by atoms with van der Waals surface area (Å²) in [5, 5.41) is 20.2. The van der Waals surface area contributed by atoms with Crippen molar-refractivity contribution in [2.45, 2.75) is 4.75 Å². The Labute approximate surface area is 186 Å². The summed E-state index contributed by atoms with van der Waals surface area (Å²) in [6, 6.07) is 11.3. The molecular weight excluding hydrogens is 482 g/mol. The molecule has 0 aliphatic carbocycles. The van der Waals surface area contributed by atoms with Gasteiger partial charge in [0.1, 0.15) is 11.5 Å². The zero-order valence-corrected chi connectivity index (χ0v) is 18.1. The number of phenolic OH excluding ortho intramolecular Hbond substituents is 2. The first-order valence-electron chi connectivity index (χ1n) is 7.88. The molecule has 0 saturated heterocycles. The highest BCUT2D eigenvalue weighted by Gasteiger charge is 2.49. The van der Waals surface area contributed by atoms with Crippen molar-refractivity contribution in [3.05, 3.63) is 91.4 Å². The highest BCUT2D eigenvalue weighted by molar-refractivity contribution is 7.87. The van der Waals surface area contributed by atoms with Crippen molar-refractivity contribution in [2.24, 2.45) is 0 Å². The van der Waals surface area contributed by atoms with Crippen LogP contribution < -0.4 is 0 Å². The molecule has 3 aromatic carbocycles. The summed E-state index contributed by atoms with van der Waals surface area (Å²) in [6.07, 6.45) is 0. The van der Waals surface area contributed by atoms with Gasteiger partial charge in [-0.05, 0) is 53.1 Å². The molecule has 0 aliphatic rings. The number of hydrogen-bond acceptors (Lipinski definition) is 4. The van der Waals surface area contributed by atoms with Crippen molar-refractivity contribution >= 4 is 56.5 Å². The zero-order chi connectivity index (χ0) is 21.6. The predicted molar refractivity (Wildman–Crippen MR) is 114 cm³/mol. The van der Waals surface area contributed by atoms with E-state index in [1.54, 1.807) is 0 Å². The third-order valence-corrected chi connectivity index (χ3v) is 7.27. The van der Waals surface area contributed by atoms with Crippen molar-refractivity contribution < 1.29 is 23.2 Å². The molecule has 0 saturated carbocycles. The lowest BCUT2D eigenvalue weighted by Gasteiger charge is -2.33. The molecule has 1 unspecified atom stereocenters. The van der Waals surface area contributed by atoms with Crippen LogP contribution in [0.5, 0.6) is 11.5 Å². The van der Waals surface area contributed by atoms with Gasteiger partial charge in [0.15, 0.2) is 4.75 Å². The third-order valence-electron chi connectivity index (χ3n) is 4.34. The van der Waals surface area contributed by atoms with Crippen LogP contribution in [0, 0.1) is 0 Å². The summed E-state index contributed by atoms with van der Waals surface area (Å²) in [4.78, 5) is 0. The van der Waals surface area contributed by atoms with E-state index >= 15 is 0 Å². The molecule has 5 nitrogen and oxygen atoms in total. The molecular formula is C19H12Cl4O5S. The molecule has 0 aromatic heterocycles. The summed E-state index contributed by atoms with van der Waals surface area (Å²) in [5.74, 6) is -0.846. The summed E-state index contributed by atoms with van der Waals surface area (Å²) < 4.78 is 34.0. The Balaban J connectivity index is 2.56. The molecule has 0 spiro atoms. The standard InChI is InChI=1S/C19H12Cl4O5S/c20-13-3-1-10(2-4-13)19(29(26,27)28,11-5-14(24)9-15(25)6-11)12-7-16(21)18(23)17(22)8-12/h1-9,24-25H,(H,26,27,28). The molecule has 0 aliphatic heterocycles. The quantitative estimate of drug-likeness (QED) is 0.239. The van der Waals surface area contributed by atoms with Crippen LogP contribution in [0.15, 0.2) is 54.6 Å². The Morgan fingerprint density at radius 2 is 1.14 bits per heavy atom. The lowest BCUT2D eigenvalue weighted by Crippen LogP contribution is -2.38. The first-order chi connectivity index (χ1) is 13.5. The largest absolute Gasteiger partial charge is 0.508 e. The van der Waals surface area contributed by atoms with Crippen molar-refractivity contribution in [1.29, 1.82) is 0 Å². The number of aromatic hydroxyl groups is 2. The van der Waals surface area contributed by atoms with Gasteiger partial charge in [-0.25, -0.2) is 0 Å². The van der Waals surface area contributed by atoms with E-state index in [-0.39, 0.29) is 31.8 Å². The Hall–Kier alpha value is -1.67. The molecule has 152 valence electrons. The lowest BCUT2D eigenvalue weighted by molar-refractivity contribution is 0.444. The van der Waals surface area contributed by atoms with Gasteiger partial charge < -0.3 is 10.2 Å². The van der Waals surface area contributed by atoms with Crippen molar-refractivity contribution in [1.82, 2.24) is 0 Å². The van der Waals surface area contributed by atoms with Gasteiger partial charge in [-0.3, -0.25) is 4.55 Å². The molecule has 0 amide bonds. The fraction of sp³-hybridized carbons (Fsp3) is 0.0526. The second kappa shape index (κ2) is 7.87. The van der Waals surface area contributed by atoms with E-state index < -0.39 is 26.4 Å². The maximum Gasteiger partial charge on any atom is 0.283 e. The van der Waals surface area contributed by atoms with Gasteiger partial charge in [-0.1, -0.05) is 58.5 Å². The maximum absolute atomic E-state index is 12.9. The third kappa shape index (κ3) is 3.89. The van der Waals surface area contributed by atoms with Crippen LogP contribution in [0.4, 0.5) is 0 Å². The van der Waals surface area contributed by atoms with Crippen molar-refractivity contribution in [3.8, 4) is 11.5 Å². The first-order valence-corrected chi connectivity index (χ1v) is 10.8. The van der Waals surface area contributed by atoms with Crippen LogP contribution in [0.3, 0.4) is 0 Å². The number of phenols is 2. The maximum atomic E-state index is 12.9. The van der Waals surface area contributed by atoms with Gasteiger partial charge in [-0.15, -0.1) is 0 Å². The van der Waals surface area contributed by atoms with Crippen LogP contribution in [-0.2, 0) is 14.9 Å². The van der Waals surface area contributed by atoms with E-state index in [4.69, 9.17) is 46.4 Å². The highest BCUT2D eigenvalue weighted by Crippen LogP contribution is 2.48. The van der Waals surface area contributed by atoms with E-state index in [0.29, 0.717) is 5.02 Å². The van der Waals surface area contributed by atoms with Gasteiger partial charge in [0.2, 0.25) is 0 Å². The van der Waals surface area contributed by atoms with Gasteiger partial charge in [0.05, 0.1) is 15.1 Å². The van der Waals surface area contributed by atoms with E-state index in [0.717, 1.165) is 18.2 Å². The van der Waals surface area contributed by atoms with E-state index in [2.05, 4.69) is 0 Å². The lowest BCUT2D eigenvalue weighted by atomic mass is 9.83. The van der Waals surface area contributed by atoms with Gasteiger partial charge in [0.25, 0.3) is 10.1 Å². The molecule has 0 bridgehead atoms. The van der Waals surface area contributed by atoms with E-state index in [1.165, 1.54) is 36.4 Å². The second-order valence-electron chi connectivity index (χ2n) is 6.16. The molecule has 3 N–H and O–H groups in total. The summed E-state index contributed by atoms with van der Waals surface area (Å²) in [7, 11) is -5.00. The summed E-state index contributed by atoms with van der Waals surface area (Å²) in [6.45, 7) is 0. The van der Waals surface area contributed by atoms with Crippen LogP contribution in [0.1, 0.15) is 16.7 Å². The number of benzene rings is 3. The molecule has 3 aromatic rings. The number of hydrogen-bond donors (Lipinski definition) is 3. The summed E-state index contributed by atoms with van der Waals surface area (Å²) in [5.41, 5.74) is -0.162. The average Bonchev–Trinajstić information content (AvgIpc) is 2.59. The minimum atomic E-state index is -5.00. The van der Waals surface area contributed by atoms with E-state index in [9.17, 15) is 23.2 Å². The Bertz CT molecular complexity index is 1150. The van der Waals surface area contributed by atoms with Gasteiger partial charge >= 0.3 is 0 Å². The predicted octanol–water partition coefficient (Wildman–Crippen LogP) is 5.89. The molecule has 29 heavy (non-hydrogen) atoms. The normalized spacial score (nSPS) is 13.8. The second-order valence-corrected chi connectivity index (χ2v) is 9.35. The van der Waals surface area contributed by atoms with E-state index in [1.807, 2.05) is 0 Å². The molecule has 10 heteroatoms. The van der Waals surface area contributed by atoms with Crippen LogP contribution in [0.2, 0.25) is 20.1 Å². The smallest absolute Gasteiger partial charge is 0.283 e. The van der Waals surface area contributed by atoms with Crippen LogP contribution >= 0.6 is 46.4 Å². The minimum absolute atomic E-state index is 0.00353. The Morgan fingerprint density at radius 1 is 0.690 bits per heavy atom. The van der Waals surface area contributed by atoms with Crippen LogP contribution in [0.25, 0.3) is 0 Å². The Kier molecular flexibility index (Phi) is 5.98. The van der Waals surface area contributed by atoms with Gasteiger partial charge in [0, 0.05) is 11.1 Å². The topological polar surface area (TPSA) is 94.8 Å². The first kappa shape index (κ1) is 22.0. The minimum Gasteiger partial charge on any atom is -0.508 e. The SMILES string of the molecule is O=S(=O)(O)C(c1ccc(Cl)cc1)(c1cc(O)cc(O)c1)c1cc(Cl)c(Cl)c(Cl)c1. The summed E-state index contributed by atoms with van der Waals surface area (Å²) >= 11 is 24.2. The Morgan fingerprint density at radius 3 is 1.59 bits per heavy atom. The monoisotopic (exact) mass is 492 g/mol. The molecule has 0 heterocycles. The fourth-order valence-corrected chi connectivity index (χ4v) is 5.18. The van der Waals surface area contributed by atoms with Gasteiger partial charge in [-0.2, -0.15) is 8.42 Å². The van der Waals surface area contributed by atoms with Crippen molar-refractivity contribution in [2.75, 3.05) is 0 Å². The molecule has 0 fully saturated rings. The molecule has 3 rings (SSSR count). The number of rotatable bonds is 4. The zero-order valence-electron chi connectivity index (χ0n) is 14.3. The highest BCUT2D eigenvalue weighted by atomic mass is 35.5. The number of halogens is 4.